The Kier molecular flexibility index (Phi) is 2.39. The van der Waals surface area contributed by atoms with E-state index in [0.29, 0.717) is 22.2 Å². The van der Waals surface area contributed by atoms with Crippen molar-refractivity contribution in [2.75, 3.05) is 0 Å². The molecule has 0 aliphatic carbocycles. The number of aromatic amines is 1. The normalized spacial score (nSPS) is 13.1. The van der Waals surface area contributed by atoms with Crippen LogP contribution in [0.15, 0.2) is 41.1 Å². The van der Waals surface area contributed by atoms with Gasteiger partial charge in [0.1, 0.15) is 17.6 Å². The number of benzene rings is 1. The van der Waals surface area contributed by atoms with Gasteiger partial charge in [-0.25, -0.2) is 4.98 Å². The first-order valence-corrected chi connectivity index (χ1v) is 5.56. The molecule has 1 atom stereocenters. The lowest BCUT2D eigenvalue weighted by Crippen LogP contribution is -2.12. The molecule has 2 heterocycles. The van der Waals surface area contributed by atoms with Gasteiger partial charge in [0.15, 0.2) is 5.58 Å². The molecule has 1 unspecified atom stereocenters. The van der Waals surface area contributed by atoms with E-state index in [9.17, 15) is 0 Å². The first-order valence-electron chi connectivity index (χ1n) is 5.18. The molecule has 0 fully saturated rings. The summed E-state index contributed by atoms with van der Waals surface area (Å²) in [6.45, 7) is 0. The zero-order valence-electron chi connectivity index (χ0n) is 8.85. The van der Waals surface area contributed by atoms with Crippen molar-refractivity contribution < 1.29 is 4.42 Å². The van der Waals surface area contributed by atoms with Crippen molar-refractivity contribution in [3.63, 3.8) is 0 Å². The Bertz CT molecular complexity index is 645. The Hall–Kier alpha value is -1.78. The molecule has 0 amide bonds. The highest BCUT2D eigenvalue weighted by Gasteiger charge is 2.16. The van der Waals surface area contributed by atoms with Crippen molar-refractivity contribution in [1.29, 1.82) is 0 Å². The number of hydrogen-bond donors (Lipinski definition) is 2. The van der Waals surface area contributed by atoms with Gasteiger partial charge in [-0.15, -0.1) is 0 Å². The fraction of sp³-hybridized carbons (Fsp3) is 0.0833. The second-order valence-electron chi connectivity index (χ2n) is 3.76. The highest BCUT2D eigenvalue weighted by atomic mass is 35.5. The summed E-state index contributed by atoms with van der Waals surface area (Å²) in [6, 6.07) is 7.07. The summed E-state index contributed by atoms with van der Waals surface area (Å²) >= 11 is 6.04. The molecule has 86 valence electrons. The van der Waals surface area contributed by atoms with E-state index < -0.39 is 6.04 Å². The van der Waals surface area contributed by atoms with Crippen LogP contribution in [0.1, 0.15) is 17.6 Å². The first kappa shape index (κ1) is 10.4. The van der Waals surface area contributed by atoms with E-state index >= 15 is 0 Å². The number of para-hydroxylation sites is 1. The van der Waals surface area contributed by atoms with Gasteiger partial charge < -0.3 is 15.1 Å². The summed E-state index contributed by atoms with van der Waals surface area (Å²) < 4.78 is 5.67. The molecule has 0 spiro atoms. The van der Waals surface area contributed by atoms with Gasteiger partial charge in [-0.05, 0) is 12.1 Å². The van der Waals surface area contributed by atoms with Crippen LogP contribution in [-0.4, -0.2) is 9.97 Å². The SMILES string of the molecule is NC(c1ncc[nH]1)c1cc2cccc(Cl)c2o1. The van der Waals surface area contributed by atoms with Gasteiger partial charge in [0, 0.05) is 17.8 Å². The Labute approximate surface area is 102 Å². The van der Waals surface area contributed by atoms with Crippen LogP contribution in [0.3, 0.4) is 0 Å². The molecule has 5 heteroatoms. The second-order valence-corrected chi connectivity index (χ2v) is 4.17. The van der Waals surface area contributed by atoms with Gasteiger partial charge in [-0.3, -0.25) is 0 Å². The third kappa shape index (κ3) is 1.71. The molecule has 2 aromatic heterocycles. The van der Waals surface area contributed by atoms with Crippen molar-refractivity contribution in [2.45, 2.75) is 6.04 Å². The van der Waals surface area contributed by atoms with Gasteiger partial charge in [0.05, 0.1) is 5.02 Å². The van der Waals surface area contributed by atoms with Crippen molar-refractivity contribution in [3.8, 4) is 0 Å². The van der Waals surface area contributed by atoms with E-state index in [1.54, 1.807) is 18.5 Å². The molecule has 0 radical (unpaired) electrons. The van der Waals surface area contributed by atoms with Gasteiger partial charge >= 0.3 is 0 Å². The molecule has 3 rings (SSSR count). The van der Waals surface area contributed by atoms with E-state index in [2.05, 4.69) is 9.97 Å². The molecular weight excluding hydrogens is 238 g/mol. The van der Waals surface area contributed by atoms with Gasteiger partial charge in [-0.1, -0.05) is 23.7 Å². The number of nitrogens with one attached hydrogen (secondary N) is 1. The molecular formula is C12H10ClN3O. The predicted octanol–water partition coefficient (Wildman–Crippen LogP) is 2.86. The molecule has 1 aromatic carbocycles. The molecule has 0 saturated carbocycles. The minimum absolute atomic E-state index is 0.409. The second kappa shape index (κ2) is 3.91. The van der Waals surface area contributed by atoms with Crippen molar-refractivity contribution in [3.05, 3.63) is 53.3 Å². The zero-order chi connectivity index (χ0) is 11.8. The van der Waals surface area contributed by atoms with Gasteiger partial charge in [0.25, 0.3) is 0 Å². The minimum atomic E-state index is -0.409. The van der Waals surface area contributed by atoms with E-state index in [1.807, 2.05) is 18.2 Å². The molecule has 0 bridgehead atoms. The lowest BCUT2D eigenvalue weighted by molar-refractivity contribution is 0.517. The highest BCUT2D eigenvalue weighted by Crippen LogP contribution is 2.29. The van der Waals surface area contributed by atoms with E-state index in [4.69, 9.17) is 21.8 Å². The average Bonchev–Trinajstić information content (AvgIpc) is 2.98. The third-order valence-corrected chi connectivity index (χ3v) is 2.93. The Morgan fingerprint density at radius 2 is 2.29 bits per heavy atom. The summed E-state index contributed by atoms with van der Waals surface area (Å²) in [5, 5.41) is 1.52. The van der Waals surface area contributed by atoms with Crippen LogP contribution in [0.4, 0.5) is 0 Å². The number of nitrogens with zero attached hydrogens (tertiary/aromatic N) is 1. The van der Waals surface area contributed by atoms with Gasteiger partial charge in [-0.2, -0.15) is 0 Å². The monoisotopic (exact) mass is 247 g/mol. The predicted molar refractivity (Wildman–Crippen MR) is 65.8 cm³/mol. The molecule has 0 aliphatic rings. The van der Waals surface area contributed by atoms with Crippen LogP contribution >= 0.6 is 11.6 Å². The number of aromatic nitrogens is 2. The van der Waals surface area contributed by atoms with Crippen LogP contribution in [0.2, 0.25) is 5.02 Å². The smallest absolute Gasteiger partial charge is 0.152 e. The standard InChI is InChI=1S/C12H10ClN3O/c13-8-3-1-2-7-6-9(17-11(7)8)10(14)12-15-4-5-16-12/h1-6,10H,14H2,(H,15,16). The summed E-state index contributed by atoms with van der Waals surface area (Å²) in [5.74, 6) is 1.31. The van der Waals surface area contributed by atoms with Crippen LogP contribution in [0, 0.1) is 0 Å². The maximum absolute atomic E-state index is 6.04. The van der Waals surface area contributed by atoms with E-state index in [1.165, 1.54) is 0 Å². The van der Waals surface area contributed by atoms with Crippen molar-refractivity contribution >= 4 is 22.6 Å². The minimum Gasteiger partial charge on any atom is -0.457 e. The van der Waals surface area contributed by atoms with Crippen LogP contribution in [0.25, 0.3) is 11.0 Å². The first-order chi connectivity index (χ1) is 8.25. The number of hydrogen-bond acceptors (Lipinski definition) is 3. The summed E-state index contributed by atoms with van der Waals surface area (Å²) in [7, 11) is 0. The van der Waals surface area contributed by atoms with E-state index in [-0.39, 0.29) is 0 Å². The van der Waals surface area contributed by atoms with E-state index in [0.717, 1.165) is 5.39 Å². The Morgan fingerprint density at radius 1 is 1.41 bits per heavy atom. The lowest BCUT2D eigenvalue weighted by Gasteiger charge is -2.03. The quantitative estimate of drug-likeness (QED) is 0.732. The molecule has 4 nitrogen and oxygen atoms in total. The molecule has 0 saturated heterocycles. The molecule has 17 heavy (non-hydrogen) atoms. The largest absolute Gasteiger partial charge is 0.457 e. The number of H-pyrrole nitrogens is 1. The Morgan fingerprint density at radius 3 is 3.00 bits per heavy atom. The fourth-order valence-corrected chi connectivity index (χ4v) is 2.00. The molecule has 3 N–H and O–H groups in total. The van der Waals surface area contributed by atoms with Crippen LogP contribution in [-0.2, 0) is 0 Å². The lowest BCUT2D eigenvalue weighted by atomic mass is 10.2. The Balaban J connectivity index is 2.10. The van der Waals surface area contributed by atoms with Crippen molar-refractivity contribution in [2.24, 2.45) is 5.73 Å². The third-order valence-electron chi connectivity index (χ3n) is 2.64. The van der Waals surface area contributed by atoms with Crippen LogP contribution < -0.4 is 5.73 Å². The topological polar surface area (TPSA) is 67.8 Å². The maximum atomic E-state index is 6.04. The number of nitrogens with two attached hydrogens (primary N) is 1. The average molecular weight is 248 g/mol. The van der Waals surface area contributed by atoms with Crippen LogP contribution in [0.5, 0.6) is 0 Å². The summed E-state index contributed by atoms with van der Waals surface area (Å²) in [4.78, 5) is 7.08. The summed E-state index contributed by atoms with van der Waals surface area (Å²) in [5.41, 5.74) is 6.70. The maximum Gasteiger partial charge on any atom is 0.152 e. The number of fused-ring (bicyclic) bond motifs is 1. The summed E-state index contributed by atoms with van der Waals surface area (Å²) in [6.07, 6.45) is 3.38. The number of rotatable bonds is 2. The number of furan rings is 1. The molecule has 0 aliphatic heterocycles. The number of halogens is 1. The highest BCUT2D eigenvalue weighted by molar-refractivity contribution is 6.34. The van der Waals surface area contributed by atoms with Gasteiger partial charge in [0.2, 0.25) is 0 Å². The fourth-order valence-electron chi connectivity index (χ4n) is 1.78. The number of imidazole rings is 1. The zero-order valence-corrected chi connectivity index (χ0v) is 9.61. The van der Waals surface area contributed by atoms with Crippen molar-refractivity contribution in [1.82, 2.24) is 9.97 Å². The molecule has 3 aromatic rings.